The Morgan fingerprint density at radius 2 is 1.94 bits per heavy atom. The van der Waals surface area contributed by atoms with Crippen molar-refractivity contribution in [2.75, 3.05) is 0 Å². The minimum Gasteiger partial charge on any atom is -0.343 e. The lowest BCUT2D eigenvalue weighted by Crippen LogP contribution is -2.40. The van der Waals surface area contributed by atoms with Crippen LogP contribution < -0.4 is 11.1 Å². The van der Waals surface area contributed by atoms with Gasteiger partial charge in [0.15, 0.2) is 0 Å². The molecule has 0 radical (unpaired) electrons. The van der Waals surface area contributed by atoms with E-state index in [1.54, 1.807) is 18.3 Å². The molecule has 0 aliphatic rings. The van der Waals surface area contributed by atoms with Crippen LogP contribution in [0.1, 0.15) is 23.4 Å². The third kappa shape index (κ3) is 2.97. The molecule has 0 aliphatic heterocycles. The smallest absolute Gasteiger partial charge is 0.237 e. The topological polar surface area (TPSA) is 55.1 Å². The largest absolute Gasteiger partial charge is 0.343 e. The Bertz CT molecular complexity index is 494. The second-order valence-corrected chi connectivity index (χ2v) is 5.14. The quantitative estimate of drug-likeness (QED) is 0.886. The molecule has 3 N–H and O–H groups in total. The number of carbonyl (C=O) groups excluding carboxylic acids is 1. The molecule has 0 spiro atoms. The number of nitrogens with one attached hydrogen (secondary N) is 1. The molecule has 2 atom stereocenters. The molecule has 0 aliphatic carbocycles. The van der Waals surface area contributed by atoms with E-state index in [9.17, 15) is 4.79 Å². The molecule has 1 aromatic heterocycles. The molecule has 0 bridgehead atoms. The summed E-state index contributed by atoms with van der Waals surface area (Å²) in [5.41, 5.74) is 6.67. The number of hydrogen-bond acceptors (Lipinski definition) is 3. The zero-order valence-electron chi connectivity index (χ0n) is 10.2. The van der Waals surface area contributed by atoms with Crippen LogP contribution in [0.15, 0.2) is 47.8 Å². The number of benzene rings is 1. The Balaban J connectivity index is 2.27. The van der Waals surface area contributed by atoms with Gasteiger partial charge in [0, 0.05) is 4.88 Å². The predicted molar refractivity (Wildman–Crippen MR) is 74.4 cm³/mol. The molecule has 1 heterocycles. The number of thiophene rings is 1. The van der Waals surface area contributed by atoms with E-state index >= 15 is 0 Å². The SMILES string of the molecule is CC(N)C(=O)NC(c1ccccc1)c1cccs1. The van der Waals surface area contributed by atoms with Gasteiger partial charge in [0.2, 0.25) is 5.91 Å². The minimum absolute atomic E-state index is 0.121. The van der Waals surface area contributed by atoms with Crippen LogP contribution in [-0.2, 0) is 4.79 Å². The fraction of sp³-hybridized carbons (Fsp3) is 0.214. The van der Waals surface area contributed by atoms with Crippen LogP contribution in [-0.4, -0.2) is 11.9 Å². The van der Waals surface area contributed by atoms with Crippen LogP contribution in [0.4, 0.5) is 0 Å². The Labute approximate surface area is 111 Å². The minimum atomic E-state index is -0.504. The molecule has 2 aromatic rings. The molecular weight excluding hydrogens is 244 g/mol. The van der Waals surface area contributed by atoms with Gasteiger partial charge in [-0.1, -0.05) is 36.4 Å². The van der Waals surface area contributed by atoms with Crippen molar-refractivity contribution in [3.05, 3.63) is 58.3 Å². The first kappa shape index (κ1) is 12.8. The summed E-state index contributed by atoms with van der Waals surface area (Å²) in [6, 6.07) is 13.3. The fourth-order valence-corrected chi connectivity index (χ4v) is 2.50. The van der Waals surface area contributed by atoms with E-state index in [-0.39, 0.29) is 11.9 Å². The van der Waals surface area contributed by atoms with Crippen LogP contribution in [0.2, 0.25) is 0 Å². The average Bonchev–Trinajstić information content (AvgIpc) is 2.90. The lowest BCUT2D eigenvalue weighted by Gasteiger charge is -2.19. The van der Waals surface area contributed by atoms with E-state index in [2.05, 4.69) is 5.32 Å². The second kappa shape index (κ2) is 5.80. The third-order valence-corrected chi connectivity index (χ3v) is 3.60. The lowest BCUT2D eigenvalue weighted by atomic mass is 10.1. The zero-order chi connectivity index (χ0) is 13.0. The van der Waals surface area contributed by atoms with Crippen LogP contribution in [0.3, 0.4) is 0 Å². The van der Waals surface area contributed by atoms with Gasteiger partial charge in [-0.25, -0.2) is 0 Å². The molecule has 2 rings (SSSR count). The van der Waals surface area contributed by atoms with Crippen molar-refractivity contribution < 1.29 is 4.79 Å². The van der Waals surface area contributed by atoms with Crippen molar-refractivity contribution in [3.63, 3.8) is 0 Å². The summed E-state index contributed by atoms with van der Waals surface area (Å²) < 4.78 is 0. The second-order valence-electron chi connectivity index (χ2n) is 4.16. The summed E-state index contributed by atoms with van der Waals surface area (Å²) >= 11 is 1.62. The van der Waals surface area contributed by atoms with Crippen molar-refractivity contribution in [1.82, 2.24) is 5.32 Å². The monoisotopic (exact) mass is 260 g/mol. The van der Waals surface area contributed by atoms with Gasteiger partial charge in [-0.3, -0.25) is 4.79 Å². The highest BCUT2D eigenvalue weighted by atomic mass is 32.1. The fourth-order valence-electron chi connectivity index (χ4n) is 1.69. The molecule has 18 heavy (non-hydrogen) atoms. The van der Waals surface area contributed by atoms with Crippen molar-refractivity contribution >= 4 is 17.2 Å². The third-order valence-electron chi connectivity index (χ3n) is 2.66. The average molecular weight is 260 g/mol. The van der Waals surface area contributed by atoms with Crippen molar-refractivity contribution in [3.8, 4) is 0 Å². The maximum atomic E-state index is 11.8. The summed E-state index contributed by atoms with van der Waals surface area (Å²) in [4.78, 5) is 12.9. The van der Waals surface area contributed by atoms with Gasteiger partial charge in [0.1, 0.15) is 0 Å². The standard InChI is InChI=1S/C14H16N2OS/c1-10(15)14(17)16-13(12-8-5-9-18-12)11-6-3-2-4-7-11/h2-10,13H,15H2,1H3,(H,16,17). The number of carbonyl (C=O) groups is 1. The van der Waals surface area contributed by atoms with Gasteiger partial charge in [0.25, 0.3) is 0 Å². The Hall–Kier alpha value is -1.65. The zero-order valence-corrected chi connectivity index (χ0v) is 11.0. The van der Waals surface area contributed by atoms with Crippen LogP contribution in [0.25, 0.3) is 0 Å². The van der Waals surface area contributed by atoms with E-state index in [4.69, 9.17) is 5.73 Å². The molecule has 4 heteroatoms. The summed E-state index contributed by atoms with van der Waals surface area (Å²) in [5, 5.41) is 4.98. The van der Waals surface area contributed by atoms with Gasteiger partial charge in [-0.15, -0.1) is 11.3 Å². The number of amides is 1. The van der Waals surface area contributed by atoms with Crippen molar-refractivity contribution in [1.29, 1.82) is 0 Å². The van der Waals surface area contributed by atoms with Crippen molar-refractivity contribution in [2.24, 2.45) is 5.73 Å². The Morgan fingerprint density at radius 1 is 1.22 bits per heavy atom. The molecule has 2 unspecified atom stereocenters. The van der Waals surface area contributed by atoms with Crippen LogP contribution >= 0.6 is 11.3 Å². The first-order valence-corrected chi connectivity index (χ1v) is 6.71. The summed E-state index contributed by atoms with van der Waals surface area (Å²) in [6.07, 6.45) is 0. The Morgan fingerprint density at radius 3 is 2.50 bits per heavy atom. The van der Waals surface area contributed by atoms with Crippen molar-refractivity contribution in [2.45, 2.75) is 19.0 Å². The van der Waals surface area contributed by atoms with E-state index in [0.29, 0.717) is 0 Å². The summed E-state index contributed by atoms with van der Waals surface area (Å²) in [5.74, 6) is -0.141. The van der Waals surface area contributed by atoms with Gasteiger partial charge in [-0.05, 0) is 23.9 Å². The van der Waals surface area contributed by atoms with Gasteiger partial charge in [-0.2, -0.15) is 0 Å². The summed E-state index contributed by atoms with van der Waals surface area (Å²) in [6.45, 7) is 1.69. The highest BCUT2D eigenvalue weighted by molar-refractivity contribution is 7.10. The maximum absolute atomic E-state index is 11.8. The highest BCUT2D eigenvalue weighted by Crippen LogP contribution is 2.25. The van der Waals surface area contributed by atoms with Gasteiger partial charge in [0.05, 0.1) is 12.1 Å². The summed E-state index contributed by atoms with van der Waals surface area (Å²) in [7, 11) is 0. The lowest BCUT2D eigenvalue weighted by molar-refractivity contribution is -0.122. The maximum Gasteiger partial charge on any atom is 0.237 e. The first-order chi connectivity index (χ1) is 8.68. The molecule has 94 valence electrons. The van der Waals surface area contributed by atoms with E-state index in [1.165, 1.54) is 0 Å². The number of rotatable bonds is 4. The Kier molecular flexibility index (Phi) is 4.12. The van der Waals surface area contributed by atoms with Crippen LogP contribution in [0.5, 0.6) is 0 Å². The predicted octanol–water partition coefficient (Wildman–Crippen LogP) is 2.30. The molecule has 1 aromatic carbocycles. The van der Waals surface area contributed by atoms with E-state index < -0.39 is 6.04 Å². The molecule has 0 fully saturated rings. The highest BCUT2D eigenvalue weighted by Gasteiger charge is 2.19. The van der Waals surface area contributed by atoms with E-state index in [0.717, 1.165) is 10.4 Å². The molecule has 1 amide bonds. The first-order valence-electron chi connectivity index (χ1n) is 5.83. The van der Waals surface area contributed by atoms with E-state index in [1.807, 2.05) is 47.8 Å². The molecule has 0 saturated carbocycles. The number of hydrogen-bond donors (Lipinski definition) is 2. The van der Waals surface area contributed by atoms with Gasteiger partial charge < -0.3 is 11.1 Å². The molecular formula is C14H16N2OS. The van der Waals surface area contributed by atoms with Gasteiger partial charge >= 0.3 is 0 Å². The number of nitrogens with two attached hydrogens (primary N) is 1. The van der Waals surface area contributed by atoms with Crippen LogP contribution in [0, 0.1) is 0 Å². The molecule has 0 saturated heterocycles. The molecule has 3 nitrogen and oxygen atoms in total. The normalized spacial score (nSPS) is 13.9.